The Kier molecular flexibility index (Phi) is 6.36. The normalized spacial score (nSPS) is 12.2. The number of unbranched alkanes of at least 4 members (excludes halogenated alkanes) is 1. The van der Waals surface area contributed by atoms with Crippen LogP contribution in [-0.4, -0.2) is 39.0 Å². The SMILES string of the molecule is CCCCc1noc(C)c1COc1cc(C(=O)N[C@@H](C)CO)[nH]n1. The van der Waals surface area contributed by atoms with Gasteiger partial charge in [-0.1, -0.05) is 18.5 Å². The zero-order valence-corrected chi connectivity index (χ0v) is 14.3. The Hall–Kier alpha value is -2.35. The zero-order valence-electron chi connectivity index (χ0n) is 14.3. The number of H-pyrrole nitrogens is 1. The van der Waals surface area contributed by atoms with Crippen LogP contribution in [0.15, 0.2) is 10.6 Å². The van der Waals surface area contributed by atoms with Gasteiger partial charge in [0.25, 0.3) is 5.91 Å². The first kappa shape index (κ1) is 18.0. The molecule has 3 N–H and O–H groups in total. The third-order valence-corrected chi connectivity index (χ3v) is 3.65. The second-order valence-electron chi connectivity index (χ2n) is 5.73. The number of carbonyl (C=O) groups is 1. The van der Waals surface area contributed by atoms with Crippen LogP contribution < -0.4 is 10.1 Å². The quantitative estimate of drug-likeness (QED) is 0.643. The number of rotatable bonds is 9. The Morgan fingerprint density at radius 2 is 2.33 bits per heavy atom. The summed E-state index contributed by atoms with van der Waals surface area (Å²) in [5.41, 5.74) is 2.10. The molecule has 0 spiro atoms. The van der Waals surface area contributed by atoms with E-state index in [0.717, 1.165) is 36.3 Å². The van der Waals surface area contributed by atoms with Crippen LogP contribution in [0.25, 0.3) is 0 Å². The lowest BCUT2D eigenvalue weighted by atomic mass is 10.1. The maximum absolute atomic E-state index is 11.9. The van der Waals surface area contributed by atoms with Gasteiger partial charge in [-0.3, -0.25) is 9.89 Å². The van der Waals surface area contributed by atoms with Crippen LogP contribution in [0.2, 0.25) is 0 Å². The third kappa shape index (κ3) is 4.58. The molecule has 8 heteroatoms. The van der Waals surface area contributed by atoms with Gasteiger partial charge in [-0.25, -0.2) is 0 Å². The van der Waals surface area contributed by atoms with Gasteiger partial charge >= 0.3 is 0 Å². The first-order chi connectivity index (χ1) is 11.5. The molecule has 8 nitrogen and oxygen atoms in total. The molecule has 0 saturated heterocycles. The largest absolute Gasteiger partial charge is 0.472 e. The molecule has 0 radical (unpaired) electrons. The summed E-state index contributed by atoms with van der Waals surface area (Å²) in [6.07, 6.45) is 2.96. The van der Waals surface area contributed by atoms with Crippen LogP contribution in [0.1, 0.15) is 54.2 Å². The molecule has 2 aromatic heterocycles. The summed E-state index contributed by atoms with van der Waals surface area (Å²) in [5, 5.41) is 22.2. The van der Waals surface area contributed by atoms with Crippen LogP contribution in [0.4, 0.5) is 0 Å². The fourth-order valence-electron chi connectivity index (χ4n) is 2.15. The lowest BCUT2D eigenvalue weighted by Crippen LogP contribution is -2.35. The van der Waals surface area contributed by atoms with Crippen molar-refractivity contribution >= 4 is 5.91 Å². The van der Waals surface area contributed by atoms with Crippen molar-refractivity contribution in [3.8, 4) is 5.88 Å². The van der Waals surface area contributed by atoms with Gasteiger partial charge in [-0.05, 0) is 26.7 Å². The van der Waals surface area contributed by atoms with E-state index in [9.17, 15) is 4.79 Å². The minimum Gasteiger partial charge on any atom is -0.472 e. The van der Waals surface area contributed by atoms with Crippen molar-refractivity contribution in [3.05, 3.63) is 28.8 Å². The molecule has 1 atom stereocenters. The van der Waals surface area contributed by atoms with E-state index in [4.69, 9.17) is 14.4 Å². The van der Waals surface area contributed by atoms with E-state index in [1.54, 1.807) is 6.92 Å². The molecule has 0 fully saturated rings. The van der Waals surface area contributed by atoms with Crippen molar-refractivity contribution < 1.29 is 19.2 Å². The van der Waals surface area contributed by atoms with Crippen molar-refractivity contribution in [3.63, 3.8) is 0 Å². The highest BCUT2D eigenvalue weighted by Crippen LogP contribution is 2.18. The number of aliphatic hydroxyl groups excluding tert-OH is 1. The Morgan fingerprint density at radius 1 is 1.54 bits per heavy atom. The number of aromatic nitrogens is 3. The highest BCUT2D eigenvalue weighted by molar-refractivity contribution is 5.92. The lowest BCUT2D eigenvalue weighted by molar-refractivity contribution is 0.0917. The second kappa shape index (κ2) is 8.49. The molecule has 132 valence electrons. The van der Waals surface area contributed by atoms with E-state index in [0.29, 0.717) is 5.88 Å². The molecule has 0 unspecified atom stereocenters. The number of hydrogen-bond acceptors (Lipinski definition) is 6. The summed E-state index contributed by atoms with van der Waals surface area (Å²) in [4.78, 5) is 11.9. The summed E-state index contributed by atoms with van der Waals surface area (Å²) in [5.74, 6) is 0.703. The molecule has 24 heavy (non-hydrogen) atoms. The van der Waals surface area contributed by atoms with E-state index >= 15 is 0 Å². The topological polar surface area (TPSA) is 113 Å². The van der Waals surface area contributed by atoms with E-state index in [1.165, 1.54) is 6.07 Å². The van der Waals surface area contributed by atoms with Crippen molar-refractivity contribution in [2.45, 2.75) is 52.7 Å². The summed E-state index contributed by atoms with van der Waals surface area (Å²) >= 11 is 0. The lowest BCUT2D eigenvalue weighted by Gasteiger charge is -2.08. The average Bonchev–Trinajstić information content (AvgIpc) is 3.18. The summed E-state index contributed by atoms with van der Waals surface area (Å²) < 4.78 is 10.9. The van der Waals surface area contributed by atoms with Crippen LogP contribution in [0, 0.1) is 6.92 Å². The molecular weight excluding hydrogens is 312 g/mol. The van der Waals surface area contributed by atoms with Crippen molar-refractivity contribution in [1.82, 2.24) is 20.7 Å². The molecule has 0 aliphatic carbocycles. The first-order valence-electron chi connectivity index (χ1n) is 8.09. The third-order valence-electron chi connectivity index (χ3n) is 3.65. The van der Waals surface area contributed by atoms with Gasteiger partial charge in [-0.15, -0.1) is 5.10 Å². The van der Waals surface area contributed by atoms with Gasteiger partial charge in [-0.2, -0.15) is 0 Å². The van der Waals surface area contributed by atoms with Gasteiger partial charge in [0.05, 0.1) is 17.9 Å². The number of aliphatic hydroxyl groups is 1. The molecule has 0 aromatic carbocycles. The molecule has 0 saturated carbocycles. The fraction of sp³-hybridized carbons (Fsp3) is 0.562. The molecule has 0 aliphatic heterocycles. The maximum atomic E-state index is 11.9. The number of nitrogens with one attached hydrogen (secondary N) is 2. The fourth-order valence-corrected chi connectivity index (χ4v) is 2.15. The van der Waals surface area contributed by atoms with Gasteiger partial charge < -0.3 is 19.7 Å². The van der Waals surface area contributed by atoms with Crippen molar-refractivity contribution in [2.75, 3.05) is 6.61 Å². The number of amides is 1. The molecular formula is C16H24N4O4. The van der Waals surface area contributed by atoms with Gasteiger partial charge in [0.2, 0.25) is 5.88 Å². The van der Waals surface area contributed by atoms with Crippen LogP contribution in [-0.2, 0) is 13.0 Å². The van der Waals surface area contributed by atoms with E-state index < -0.39 is 0 Å². The van der Waals surface area contributed by atoms with Crippen molar-refractivity contribution in [1.29, 1.82) is 0 Å². The van der Waals surface area contributed by atoms with Gasteiger partial charge in [0, 0.05) is 12.1 Å². The predicted octanol–water partition coefficient (Wildman–Crippen LogP) is 1.74. The Morgan fingerprint density at radius 3 is 3.04 bits per heavy atom. The highest BCUT2D eigenvalue weighted by atomic mass is 16.5. The Balaban J connectivity index is 1.96. The van der Waals surface area contributed by atoms with Crippen LogP contribution in [0.5, 0.6) is 5.88 Å². The molecule has 0 bridgehead atoms. The zero-order chi connectivity index (χ0) is 17.5. The minimum atomic E-state index is -0.344. The number of nitrogens with zero attached hydrogens (tertiary/aromatic N) is 2. The molecule has 2 heterocycles. The van der Waals surface area contributed by atoms with Crippen LogP contribution in [0.3, 0.4) is 0 Å². The monoisotopic (exact) mass is 336 g/mol. The molecule has 0 aliphatic rings. The minimum absolute atomic E-state index is 0.128. The molecule has 2 rings (SSSR count). The maximum Gasteiger partial charge on any atom is 0.269 e. The number of ether oxygens (including phenoxy) is 1. The number of aromatic amines is 1. The number of carbonyl (C=O) groups excluding carboxylic acids is 1. The Labute approximate surface area is 140 Å². The Bertz CT molecular complexity index is 665. The van der Waals surface area contributed by atoms with Gasteiger partial charge in [0.1, 0.15) is 18.1 Å². The first-order valence-corrected chi connectivity index (χ1v) is 8.09. The molecule has 2 aromatic rings. The van der Waals surface area contributed by atoms with Gasteiger partial charge in [0.15, 0.2) is 0 Å². The standard InChI is InChI=1S/C16H24N4O4/c1-4-5-6-13-12(11(3)24-20-13)9-23-15-7-14(18-19-15)16(22)17-10(2)8-21/h7,10,21H,4-6,8-9H2,1-3H3,(H,17,22)(H,18,19)/t10-/m0/s1. The van der Waals surface area contributed by atoms with Crippen LogP contribution >= 0.6 is 0 Å². The predicted molar refractivity (Wildman–Crippen MR) is 86.8 cm³/mol. The highest BCUT2D eigenvalue weighted by Gasteiger charge is 2.16. The number of aryl methyl sites for hydroxylation is 2. The van der Waals surface area contributed by atoms with E-state index in [2.05, 4.69) is 27.6 Å². The summed E-state index contributed by atoms with van der Waals surface area (Å²) in [6, 6.07) is 1.19. The summed E-state index contributed by atoms with van der Waals surface area (Å²) in [6.45, 7) is 5.83. The second-order valence-corrected chi connectivity index (χ2v) is 5.73. The summed E-state index contributed by atoms with van der Waals surface area (Å²) in [7, 11) is 0. The van der Waals surface area contributed by atoms with Crippen molar-refractivity contribution in [2.24, 2.45) is 0 Å². The average molecular weight is 336 g/mol. The number of hydrogen-bond donors (Lipinski definition) is 3. The smallest absolute Gasteiger partial charge is 0.269 e. The molecule has 1 amide bonds. The van der Waals surface area contributed by atoms with E-state index in [1.807, 2.05) is 6.92 Å². The van der Waals surface area contributed by atoms with E-state index in [-0.39, 0.29) is 30.9 Å².